The number of hydrogen-bond donors (Lipinski definition) is 0. The molecule has 3 amide bonds. The minimum absolute atomic E-state index is 0.0393. The van der Waals surface area contributed by atoms with Crippen LogP contribution in [0.5, 0.6) is 0 Å². The fourth-order valence-electron chi connectivity index (χ4n) is 3.50. The van der Waals surface area contributed by atoms with Crippen molar-refractivity contribution in [3.05, 3.63) is 35.9 Å². The van der Waals surface area contributed by atoms with Crippen molar-refractivity contribution in [2.75, 3.05) is 32.8 Å². The van der Waals surface area contributed by atoms with Gasteiger partial charge in [-0.3, -0.25) is 9.59 Å². The lowest BCUT2D eigenvalue weighted by atomic mass is 10.0. The highest BCUT2D eigenvalue weighted by Crippen LogP contribution is 2.18. The molecule has 0 aliphatic carbocycles. The summed E-state index contributed by atoms with van der Waals surface area (Å²) < 4.78 is 5.04. The molecule has 2 rings (SSSR count). The third kappa shape index (κ3) is 5.97. The Kier molecular flexibility index (Phi) is 8.29. The van der Waals surface area contributed by atoms with Gasteiger partial charge in [0.1, 0.15) is 6.54 Å². The van der Waals surface area contributed by atoms with Crippen LogP contribution in [0, 0.1) is 0 Å². The molecule has 1 aliphatic rings. The van der Waals surface area contributed by atoms with Crippen LogP contribution in [0.4, 0.5) is 4.79 Å². The molecule has 28 heavy (non-hydrogen) atoms. The molecule has 0 radical (unpaired) electrons. The average Bonchev–Trinajstić information content (AvgIpc) is 2.71. The van der Waals surface area contributed by atoms with Crippen LogP contribution in [-0.2, 0) is 20.9 Å². The Bertz CT molecular complexity index is 657. The zero-order valence-corrected chi connectivity index (χ0v) is 17.1. The minimum atomic E-state index is -0.313. The van der Waals surface area contributed by atoms with Crippen LogP contribution in [0.2, 0.25) is 0 Å². The first kappa shape index (κ1) is 21.7. The number of piperidine rings is 1. The molecule has 1 aromatic rings. The number of benzene rings is 1. The van der Waals surface area contributed by atoms with Gasteiger partial charge in [0.25, 0.3) is 0 Å². The molecule has 1 fully saturated rings. The predicted molar refractivity (Wildman–Crippen MR) is 107 cm³/mol. The van der Waals surface area contributed by atoms with Gasteiger partial charge in [0.05, 0.1) is 6.61 Å². The summed E-state index contributed by atoms with van der Waals surface area (Å²) in [6.45, 7) is 7.81. The van der Waals surface area contributed by atoms with Gasteiger partial charge in [0.2, 0.25) is 11.8 Å². The predicted octanol–water partition coefficient (Wildman–Crippen LogP) is 2.50. The zero-order valence-electron chi connectivity index (χ0n) is 17.1. The highest BCUT2D eigenvalue weighted by Gasteiger charge is 2.30. The number of amides is 3. The number of nitrogens with zero attached hydrogens (tertiary/aromatic N) is 3. The first-order chi connectivity index (χ1) is 13.5. The molecule has 0 saturated carbocycles. The number of likely N-dealkylation sites (tertiary alicyclic amines) is 1. The van der Waals surface area contributed by atoms with Crippen LogP contribution in [-0.4, -0.2) is 71.4 Å². The highest BCUT2D eigenvalue weighted by atomic mass is 16.6. The van der Waals surface area contributed by atoms with Gasteiger partial charge in [0, 0.05) is 39.1 Å². The Morgan fingerprint density at radius 1 is 1.11 bits per heavy atom. The summed E-state index contributed by atoms with van der Waals surface area (Å²) in [6, 6.07) is 9.79. The first-order valence-corrected chi connectivity index (χ1v) is 9.96. The van der Waals surface area contributed by atoms with Crippen LogP contribution in [0.25, 0.3) is 0 Å². The van der Waals surface area contributed by atoms with E-state index in [1.54, 1.807) is 21.6 Å². The maximum absolute atomic E-state index is 12.8. The summed E-state index contributed by atoms with van der Waals surface area (Å²) in [7, 11) is 0. The van der Waals surface area contributed by atoms with E-state index in [0.717, 1.165) is 5.56 Å². The highest BCUT2D eigenvalue weighted by molar-refractivity contribution is 5.84. The Morgan fingerprint density at radius 2 is 1.75 bits per heavy atom. The van der Waals surface area contributed by atoms with Crippen molar-refractivity contribution in [1.29, 1.82) is 0 Å². The van der Waals surface area contributed by atoms with Crippen LogP contribution >= 0.6 is 0 Å². The molecule has 0 spiro atoms. The molecule has 7 heteroatoms. The van der Waals surface area contributed by atoms with Gasteiger partial charge in [-0.2, -0.15) is 0 Å². The molecule has 7 nitrogen and oxygen atoms in total. The molecule has 1 saturated heterocycles. The fourth-order valence-corrected chi connectivity index (χ4v) is 3.50. The molecular weight excluding hydrogens is 358 g/mol. The van der Waals surface area contributed by atoms with Crippen molar-refractivity contribution in [3.63, 3.8) is 0 Å². The van der Waals surface area contributed by atoms with Crippen molar-refractivity contribution in [3.8, 4) is 0 Å². The third-order valence-electron chi connectivity index (χ3n) is 5.09. The van der Waals surface area contributed by atoms with E-state index < -0.39 is 0 Å². The van der Waals surface area contributed by atoms with Gasteiger partial charge < -0.3 is 19.4 Å². The topological polar surface area (TPSA) is 70.2 Å². The quantitative estimate of drug-likeness (QED) is 0.718. The lowest BCUT2D eigenvalue weighted by molar-refractivity contribution is -0.142. The number of carbonyl (C=O) groups excluding carboxylic acids is 3. The van der Waals surface area contributed by atoms with E-state index in [2.05, 4.69) is 0 Å². The van der Waals surface area contributed by atoms with Crippen LogP contribution < -0.4 is 0 Å². The smallest absolute Gasteiger partial charge is 0.409 e. The van der Waals surface area contributed by atoms with E-state index in [1.165, 1.54) is 6.92 Å². The summed E-state index contributed by atoms with van der Waals surface area (Å²) in [5.74, 6) is -0.173. The zero-order chi connectivity index (χ0) is 20.5. The van der Waals surface area contributed by atoms with Gasteiger partial charge in [-0.15, -0.1) is 0 Å². The van der Waals surface area contributed by atoms with E-state index in [1.807, 2.05) is 37.3 Å². The maximum atomic E-state index is 12.8. The molecule has 0 unspecified atom stereocenters. The number of likely N-dealkylation sites (N-methyl/N-ethyl adjacent to an activating group) is 1. The van der Waals surface area contributed by atoms with Crippen LogP contribution in [0.15, 0.2) is 30.3 Å². The summed E-state index contributed by atoms with van der Waals surface area (Å²) in [4.78, 5) is 42.0. The molecule has 0 atom stereocenters. The van der Waals surface area contributed by atoms with Crippen molar-refractivity contribution in [2.45, 2.75) is 46.2 Å². The Balaban J connectivity index is 1.95. The second-order valence-corrected chi connectivity index (χ2v) is 6.96. The Hall–Kier alpha value is -2.57. The van der Waals surface area contributed by atoms with Gasteiger partial charge in [0.15, 0.2) is 0 Å². The minimum Gasteiger partial charge on any atom is -0.450 e. The Labute approximate surface area is 167 Å². The van der Waals surface area contributed by atoms with Crippen molar-refractivity contribution in [2.24, 2.45) is 0 Å². The van der Waals surface area contributed by atoms with Gasteiger partial charge >= 0.3 is 6.09 Å². The van der Waals surface area contributed by atoms with E-state index in [-0.39, 0.29) is 30.5 Å². The standard InChI is InChI=1S/C21H31N3O4/c1-4-22(15-18-9-7-6-8-10-18)20(26)16-24(17(3)25)19-11-13-23(14-12-19)21(27)28-5-2/h6-10,19H,4-5,11-16H2,1-3H3. The summed E-state index contributed by atoms with van der Waals surface area (Å²) >= 11 is 0. The number of hydrogen-bond acceptors (Lipinski definition) is 4. The lowest BCUT2D eigenvalue weighted by Crippen LogP contribution is -2.51. The molecule has 0 bridgehead atoms. The third-order valence-corrected chi connectivity index (χ3v) is 5.09. The molecule has 1 heterocycles. The van der Waals surface area contributed by atoms with E-state index in [0.29, 0.717) is 45.6 Å². The summed E-state index contributed by atoms with van der Waals surface area (Å²) in [5, 5.41) is 0. The normalized spacial score (nSPS) is 14.5. The van der Waals surface area contributed by atoms with Crippen molar-refractivity contribution in [1.82, 2.24) is 14.7 Å². The molecule has 154 valence electrons. The maximum Gasteiger partial charge on any atom is 0.409 e. The van der Waals surface area contributed by atoms with Gasteiger partial charge in [-0.1, -0.05) is 30.3 Å². The lowest BCUT2D eigenvalue weighted by Gasteiger charge is -2.38. The van der Waals surface area contributed by atoms with Crippen molar-refractivity contribution < 1.29 is 19.1 Å². The SMILES string of the molecule is CCOC(=O)N1CCC(N(CC(=O)N(CC)Cc2ccccc2)C(C)=O)CC1. The van der Waals surface area contributed by atoms with Crippen molar-refractivity contribution >= 4 is 17.9 Å². The van der Waals surface area contributed by atoms with Gasteiger partial charge in [-0.05, 0) is 32.3 Å². The largest absolute Gasteiger partial charge is 0.450 e. The second-order valence-electron chi connectivity index (χ2n) is 6.96. The second kappa shape index (κ2) is 10.7. The van der Waals surface area contributed by atoms with Crippen LogP contribution in [0.3, 0.4) is 0 Å². The van der Waals surface area contributed by atoms with E-state index in [4.69, 9.17) is 4.74 Å². The van der Waals surface area contributed by atoms with Gasteiger partial charge in [-0.25, -0.2) is 4.79 Å². The number of carbonyl (C=O) groups is 3. The number of rotatable bonds is 7. The monoisotopic (exact) mass is 389 g/mol. The number of ether oxygens (including phenoxy) is 1. The molecular formula is C21H31N3O4. The van der Waals surface area contributed by atoms with E-state index in [9.17, 15) is 14.4 Å². The molecule has 1 aromatic carbocycles. The first-order valence-electron chi connectivity index (χ1n) is 9.96. The molecule has 0 aromatic heterocycles. The van der Waals surface area contributed by atoms with E-state index >= 15 is 0 Å². The van der Waals surface area contributed by atoms with Crippen LogP contribution in [0.1, 0.15) is 39.2 Å². The summed E-state index contributed by atoms with van der Waals surface area (Å²) in [5.41, 5.74) is 1.06. The Morgan fingerprint density at radius 3 is 2.29 bits per heavy atom. The average molecular weight is 389 g/mol. The summed E-state index contributed by atoms with van der Waals surface area (Å²) in [6.07, 6.45) is 0.985. The molecule has 0 N–H and O–H groups in total. The molecule has 1 aliphatic heterocycles. The fraction of sp³-hybridized carbons (Fsp3) is 0.571.